The minimum Gasteiger partial charge on any atom is -0.309 e. The van der Waals surface area contributed by atoms with E-state index in [2.05, 4.69) is 32.3 Å². The molecule has 0 aliphatic heterocycles. The largest absolute Gasteiger partial charge is 0.309 e. The lowest BCUT2D eigenvalue weighted by molar-refractivity contribution is -0.122. The van der Waals surface area contributed by atoms with Gasteiger partial charge >= 0.3 is 0 Å². The molecule has 1 fully saturated rings. The van der Waals surface area contributed by atoms with Gasteiger partial charge in [-0.3, -0.25) is 4.79 Å². The summed E-state index contributed by atoms with van der Waals surface area (Å²) < 4.78 is 0.830. The van der Waals surface area contributed by atoms with Crippen molar-refractivity contribution in [3.05, 3.63) is 34.3 Å². The summed E-state index contributed by atoms with van der Waals surface area (Å²) in [6, 6.07) is 8.13. The van der Waals surface area contributed by atoms with Gasteiger partial charge in [0.25, 0.3) is 0 Å². The van der Waals surface area contributed by atoms with Gasteiger partial charge in [0, 0.05) is 11.3 Å². The predicted octanol–water partition coefficient (Wildman–Crippen LogP) is 4.04. The molecule has 1 aromatic heterocycles. The fraction of sp³-hybridized carbons (Fsp3) is 0.333. The second kappa shape index (κ2) is 4.93. The molecule has 0 saturated heterocycles. The minimum absolute atomic E-state index is 0.0893. The van der Waals surface area contributed by atoms with Crippen molar-refractivity contribution in [3.63, 3.8) is 0 Å². The lowest BCUT2D eigenvalue weighted by atomic mass is 9.85. The van der Waals surface area contributed by atoms with Crippen LogP contribution in [-0.2, 0) is 4.79 Å². The monoisotopic (exact) mass is 318 g/mol. The van der Waals surface area contributed by atoms with E-state index >= 15 is 0 Å². The maximum atomic E-state index is 12.0. The van der Waals surface area contributed by atoms with Gasteiger partial charge in [0.2, 0.25) is 5.91 Å². The third-order valence-corrected chi connectivity index (χ3v) is 4.25. The van der Waals surface area contributed by atoms with Crippen molar-refractivity contribution in [2.24, 2.45) is 5.92 Å². The van der Waals surface area contributed by atoms with Gasteiger partial charge in [-0.25, -0.2) is 4.98 Å². The molecule has 1 aliphatic rings. The van der Waals surface area contributed by atoms with E-state index in [-0.39, 0.29) is 11.8 Å². The van der Waals surface area contributed by atoms with Gasteiger partial charge < -0.3 is 5.32 Å². The molecule has 3 nitrogen and oxygen atoms in total. The standard InChI is InChI=1S/C15H15BrN2O/c1-9-5-6-11-8-12(16)14(17-13(11)7-9)18-15(19)10-3-2-4-10/h5-8,10H,2-4H2,1H3,(H,17,18,19). The van der Waals surface area contributed by atoms with E-state index in [1.165, 1.54) is 5.56 Å². The fourth-order valence-electron chi connectivity index (χ4n) is 2.23. The first-order chi connectivity index (χ1) is 9.13. The summed E-state index contributed by atoms with van der Waals surface area (Å²) in [5.41, 5.74) is 2.07. The fourth-order valence-corrected chi connectivity index (χ4v) is 2.66. The SMILES string of the molecule is Cc1ccc2cc(Br)c(NC(=O)C3CCC3)nc2c1. The van der Waals surface area contributed by atoms with Crippen LogP contribution in [0.15, 0.2) is 28.7 Å². The average Bonchev–Trinajstić information content (AvgIpc) is 2.28. The Hall–Kier alpha value is -1.42. The molecule has 1 aliphatic carbocycles. The number of carbonyl (C=O) groups excluding carboxylic acids is 1. The molecule has 1 aromatic carbocycles. The first kappa shape index (κ1) is 12.6. The molecule has 0 spiro atoms. The van der Waals surface area contributed by atoms with Gasteiger partial charge in [0.05, 0.1) is 9.99 Å². The number of amides is 1. The predicted molar refractivity (Wildman–Crippen MR) is 80.2 cm³/mol. The van der Waals surface area contributed by atoms with Crippen LogP contribution in [0.1, 0.15) is 24.8 Å². The van der Waals surface area contributed by atoms with Gasteiger partial charge in [-0.15, -0.1) is 0 Å². The smallest absolute Gasteiger partial charge is 0.228 e. The van der Waals surface area contributed by atoms with Crippen LogP contribution in [0.3, 0.4) is 0 Å². The van der Waals surface area contributed by atoms with Crippen LogP contribution in [0.5, 0.6) is 0 Å². The highest BCUT2D eigenvalue weighted by Gasteiger charge is 2.25. The zero-order valence-corrected chi connectivity index (χ0v) is 12.3. The number of hydrogen-bond acceptors (Lipinski definition) is 2. The Balaban J connectivity index is 1.93. The maximum absolute atomic E-state index is 12.0. The van der Waals surface area contributed by atoms with E-state index in [0.29, 0.717) is 5.82 Å². The molecule has 1 amide bonds. The molecule has 4 heteroatoms. The van der Waals surface area contributed by atoms with Crippen LogP contribution in [0.4, 0.5) is 5.82 Å². The van der Waals surface area contributed by atoms with Crippen molar-refractivity contribution >= 4 is 38.6 Å². The second-order valence-corrected chi connectivity index (χ2v) is 5.99. The number of aryl methyl sites for hydroxylation is 1. The lowest BCUT2D eigenvalue weighted by Gasteiger charge is -2.24. The van der Waals surface area contributed by atoms with Crippen molar-refractivity contribution in [2.45, 2.75) is 26.2 Å². The molecule has 19 heavy (non-hydrogen) atoms. The number of carbonyl (C=O) groups is 1. The molecular weight excluding hydrogens is 304 g/mol. The second-order valence-electron chi connectivity index (χ2n) is 5.13. The number of anilines is 1. The Labute approximate surface area is 120 Å². The van der Waals surface area contributed by atoms with Gasteiger partial charge in [-0.2, -0.15) is 0 Å². The summed E-state index contributed by atoms with van der Waals surface area (Å²) in [6.07, 6.45) is 3.15. The van der Waals surface area contributed by atoms with Crippen molar-refractivity contribution in [1.29, 1.82) is 0 Å². The Kier molecular flexibility index (Phi) is 3.27. The normalized spacial score (nSPS) is 15.3. The molecule has 0 bridgehead atoms. The zero-order chi connectivity index (χ0) is 13.4. The van der Waals surface area contributed by atoms with E-state index in [1.54, 1.807) is 0 Å². The van der Waals surface area contributed by atoms with Crippen LogP contribution >= 0.6 is 15.9 Å². The summed E-state index contributed by atoms with van der Waals surface area (Å²) >= 11 is 3.48. The summed E-state index contributed by atoms with van der Waals surface area (Å²) in [6.45, 7) is 2.04. The lowest BCUT2D eigenvalue weighted by Crippen LogP contribution is -2.28. The van der Waals surface area contributed by atoms with E-state index in [0.717, 1.165) is 34.6 Å². The number of rotatable bonds is 2. The number of fused-ring (bicyclic) bond motifs is 1. The van der Waals surface area contributed by atoms with Gasteiger partial charge in [-0.1, -0.05) is 18.6 Å². The van der Waals surface area contributed by atoms with E-state index in [9.17, 15) is 4.79 Å². The highest BCUT2D eigenvalue weighted by molar-refractivity contribution is 9.10. The summed E-state index contributed by atoms with van der Waals surface area (Å²) in [5.74, 6) is 0.878. The van der Waals surface area contributed by atoms with Crippen molar-refractivity contribution < 1.29 is 4.79 Å². The summed E-state index contributed by atoms with van der Waals surface area (Å²) in [5, 5.41) is 4.00. The Morgan fingerprint density at radius 3 is 2.84 bits per heavy atom. The highest BCUT2D eigenvalue weighted by Crippen LogP contribution is 2.30. The van der Waals surface area contributed by atoms with Crippen molar-refractivity contribution in [2.75, 3.05) is 5.32 Å². The number of nitrogens with one attached hydrogen (secondary N) is 1. The molecule has 98 valence electrons. The first-order valence-corrected chi connectivity index (χ1v) is 7.30. The Bertz CT molecular complexity index is 650. The number of halogens is 1. The quantitative estimate of drug-likeness (QED) is 0.907. The van der Waals surface area contributed by atoms with E-state index in [4.69, 9.17) is 0 Å². The number of benzene rings is 1. The Morgan fingerprint density at radius 2 is 2.16 bits per heavy atom. The van der Waals surface area contributed by atoms with Crippen LogP contribution < -0.4 is 5.32 Å². The minimum atomic E-state index is 0.0893. The number of pyridine rings is 1. The van der Waals surface area contributed by atoms with Crippen LogP contribution in [0, 0.1) is 12.8 Å². The van der Waals surface area contributed by atoms with Gasteiger partial charge in [0.15, 0.2) is 0 Å². The van der Waals surface area contributed by atoms with E-state index < -0.39 is 0 Å². The molecule has 0 unspecified atom stereocenters. The molecule has 0 radical (unpaired) electrons. The number of hydrogen-bond donors (Lipinski definition) is 1. The van der Waals surface area contributed by atoms with Crippen LogP contribution in [0.25, 0.3) is 10.9 Å². The average molecular weight is 319 g/mol. The van der Waals surface area contributed by atoms with Gasteiger partial charge in [-0.05, 0) is 53.4 Å². The van der Waals surface area contributed by atoms with Crippen molar-refractivity contribution in [1.82, 2.24) is 4.98 Å². The van der Waals surface area contributed by atoms with Crippen LogP contribution in [-0.4, -0.2) is 10.9 Å². The Morgan fingerprint density at radius 1 is 1.37 bits per heavy atom. The molecule has 1 saturated carbocycles. The highest BCUT2D eigenvalue weighted by atomic mass is 79.9. The molecule has 1 N–H and O–H groups in total. The zero-order valence-electron chi connectivity index (χ0n) is 10.7. The molecular formula is C15H15BrN2O. The topological polar surface area (TPSA) is 42.0 Å². The van der Waals surface area contributed by atoms with Crippen LogP contribution in [0.2, 0.25) is 0 Å². The number of nitrogens with zero attached hydrogens (tertiary/aromatic N) is 1. The third kappa shape index (κ3) is 2.50. The third-order valence-electron chi connectivity index (χ3n) is 3.64. The summed E-state index contributed by atoms with van der Waals surface area (Å²) in [4.78, 5) is 16.5. The molecule has 0 atom stereocenters. The number of aromatic nitrogens is 1. The molecule has 1 heterocycles. The maximum Gasteiger partial charge on any atom is 0.228 e. The summed E-state index contributed by atoms with van der Waals surface area (Å²) in [7, 11) is 0. The molecule has 2 aromatic rings. The van der Waals surface area contributed by atoms with E-state index in [1.807, 2.05) is 25.1 Å². The molecule has 3 rings (SSSR count). The van der Waals surface area contributed by atoms with Gasteiger partial charge in [0.1, 0.15) is 5.82 Å². The van der Waals surface area contributed by atoms with Crippen molar-refractivity contribution in [3.8, 4) is 0 Å². The first-order valence-electron chi connectivity index (χ1n) is 6.51.